The van der Waals surface area contributed by atoms with E-state index in [4.69, 9.17) is 23.7 Å². The lowest BCUT2D eigenvalue weighted by atomic mass is 10.0. The third-order valence-corrected chi connectivity index (χ3v) is 5.05. The third kappa shape index (κ3) is 10.3. The minimum atomic E-state index is -0.638. The normalized spacial score (nSPS) is 12.1. The molecule has 0 unspecified atom stereocenters. The molecule has 1 aromatic carbocycles. The van der Waals surface area contributed by atoms with E-state index in [0.717, 1.165) is 44.1 Å². The number of amides is 1. The number of alkyl carbamates (subject to hydrolysis) is 1. The number of aliphatic hydroxyl groups is 1. The van der Waals surface area contributed by atoms with Crippen LogP contribution in [0.1, 0.15) is 78.7 Å². The molecule has 1 rings (SSSR count). The van der Waals surface area contributed by atoms with Gasteiger partial charge < -0.3 is 34.1 Å². The van der Waals surface area contributed by atoms with Gasteiger partial charge in [0.25, 0.3) is 0 Å². The monoisotopic (exact) mass is 483 g/mol. The Labute approximate surface area is 205 Å². The molecule has 0 bridgehead atoms. The van der Waals surface area contributed by atoms with E-state index in [1.807, 2.05) is 6.07 Å². The number of hydrogen-bond donors (Lipinski definition) is 2. The van der Waals surface area contributed by atoms with Crippen molar-refractivity contribution in [2.24, 2.45) is 0 Å². The van der Waals surface area contributed by atoms with E-state index in [1.54, 1.807) is 35.0 Å². The van der Waals surface area contributed by atoms with E-state index < -0.39 is 17.7 Å². The molecule has 34 heavy (non-hydrogen) atoms. The summed E-state index contributed by atoms with van der Waals surface area (Å²) in [7, 11) is 3.13. The molecule has 1 amide bonds. The number of nitrogens with one attached hydrogen (secondary N) is 1. The number of carbonyl (C=O) groups is 1. The van der Waals surface area contributed by atoms with Crippen molar-refractivity contribution in [3.05, 3.63) is 11.6 Å². The second-order valence-electron chi connectivity index (χ2n) is 9.27. The summed E-state index contributed by atoms with van der Waals surface area (Å²) in [6.07, 6.45) is 5.81. The molecule has 1 atom stereocenters. The van der Waals surface area contributed by atoms with Gasteiger partial charge >= 0.3 is 6.09 Å². The first-order valence-electron chi connectivity index (χ1n) is 12.3. The molecule has 8 heteroatoms. The number of rotatable bonds is 16. The molecule has 0 spiro atoms. The fraction of sp³-hybridized carbons (Fsp3) is 0.731. The first kappa shape index (κ1) is 29.7. The Bertz CT molecular complexity index is 731. The molecular weight excluding hydrogens is 438 g/mol. The first-order valence-corrected chi connectivity index (χ1v) is 12.3. The predicted octanol–water partition coefficient (Wildman–Crippen LogP) is 5.27. The summed E-state index contributed by atoms with van der Waals surface area (Å²) >= 11 is 0. The zero-order valence-electron chi connectivity index (χ0n) is 22.1. The molecule has 0 heterocycles. The van der Waals surface area contributed by atoms with Crippen molar-refractivity contribution in [2.75, 3.05) is 34.0 Å². The van der Waals surface area contributed by atoms with Crippen LogP contribution in [0.5, 0.6) is 23.0 Å². The largest absolute Gasteiger partial charge is 0.490 e. The number of hydrogen-bond acceptors (Lipinski definition) is 7. The van der Waals surface area contributed by atoms with Crippen LogP contribution in [0.4, 0.5) is 4.79 Å². The maximum Gasteiger partial charge on any atom is 0.407 e. The van der Waals surface area contributed by atoms with E-state index in [9.17, 15) is 9.90 Å². The fourth-order valence-corrected chi connectivity index (χ4v) is 3.41. The van der Waals surface area contributed by atoms with Crippen molar-refractivity contribution >= 4 is 6.09 Å². The number of ether oxygens (including phenoxy) is 5. The number of methoxy groups -OCH3 is 2. The molecule has 0 aliphatic carbocycles. The Kier molecular flexibility index (Phi) is 13.6. The highest BCUT2D eigenvalue weighted by Crippen LogP contribution is 2.47. The standard InChI is InChI=1S/C26H45NO7/c1-8-10-12-14-32-21-17-19(16-20(18-28)27-25(29)34-26(3,4)5)22(33-15-13-11-9-2)24(31-7)23(21)30-6/h17,20,28H,8-16,18H2,1-7H3,(H,27,29)/t20-/m1/s1. The number of benzene rings is 1. The molecule has 0 aromatic heterocycles. The molecule has 8 nitrogen and oxygen atoms in total. The van der Waals surface area contributed by atoms with E-state index in [2.05, 4.69) is 19.2 Å². The first-order chi connectivity index (χ1) is 16.2. The van der Waals surface area contributed by atoms with E-state index >= 15 is 0 Å². The highest BCUT2D eigenvalue weighted by Gasteiger charge is 2.26. The summed E-state index contributed by atoms with van der Waals surface area (Å²) in [5.74, 6) is 1.98. The quantitative estimate of drug-likeness (QED) is 0.309. The van der Waals surface area contributed by atoms with Gasteiger partial charge in [0.2, 0.25) is 11.5 Å². The average molecular weight is 484 g/mol. The minimum absolute atomic E-state index is 0.268. The Morgan fingerprint density at radius 3 is 2.03 bits per heavy atom. The van der Waals surface area contributed by atoms with E-state index in [0.29, 0.717) is 42.6 Å². The smallest absolute Gasteiger partial charge is 0.407 e. The van der Waals surface area contributed by atoms with Crippen molar-refractivity contribution in [1.29, 1.82) is 0 Å². The molecule has 1 aromatic rings. The molecule has 0 saturated heterocycles. The van der Waals surface area contributed by atoms with Crippen LogP contribution in [0.15, 0.2) is 6.07 Å². The van der Waals surface area contributed by atoms with Gasteiger partial charge in [0.1, 0.15) is 5.60 Å². The number of unbranched alkanes of at least 4 members (excludes halogenated alkanes) is 4. The summed E-state index contributed by atoms with van der Waals surface area (Å²) in [5, 5.41) is 12.7. The van der Waals surface area contributed by atoms with Gasteiger partial charge in [-0.1, -0.05) is 39.5 Å². The second-order valence-corrected chi connectivity index (χ2v) is 9.27. The summed E-state index contributed by atoms with van der Waals surface area (Å²) in [5.41, 5.74) is 0.107. The highest BCUT2D eigenvalue weighted by molar-refractivity contribution is 5.68. The van der Waals surface area contributed by atoms with Gasteiger partial charge in [0, 0.05) is 5.56 Å². The van der Waals surface area contributed by atoms with Crippen LogP contribution < -0.4 is 24.3 Å². The van der Waals surface area contributed by atoms with Crippen LogP contribution in [0.2, 0.25) is 0 Å². The van der Waals surface area contributed by atoms with Gasteiger partial charge in [-0.2, -0.15) is 0 Å². The molecule has 0 aliphatic heterocycles. The Morgan fingerprint density at radius 2 is 1.53 bits per heavy atom. The Hall–Kier alpha value is -2.35. The van der Waals surface area contributed by atoms with Crippen molar-refractivity contribution in [3.63, 3.8) is 0 Å². The van der Waals surface area contributed by atoms with Gasteiger partial charge in [-0.25, -0.2) is 4.79 Å². The minimum Gasteiger partial charge on any atom is -0.490 e. The van der Waals surface area contributed by atoms with Crippen molar-refractivity contribution < 1.29 is 33.6 Å². The zero-order valence-corrected chi connectivity index (χ0v) is 22.1. The van der Waals surface area contributed by atoms with Crippen molar-refractivity contribution in [2.45, 2.75) is 91.2 Å². The van der Waals surface area contributed by atoms with E-state index in [-0.39, 0.29) is 6.61 Å². The Morgan fingerprint density at radius 1 is 0.941 bits per heavy atom. The molecule has 0 aliphatic rings. The van der Waals surface area contributed by atoms with Crippen LogP contribution in [-0.4, -0.2) is 56.9 Å². The van der Waals surface area contributed by atoms with Crippen molar-refractivity contribution in [1.82, 2.24) is 5.32 Å². The van der Waals surface area contributed by atoms with Crippen LogP contribution in [0.25, 0.3) is 0 Å². The van der Waals surface area contributed by atoms with Gasteiger partial charge in [-0.15, -0.1) is 0 Å². The second kappa shape index (κ2) is 15.5. The fourth-order valence-electron chi connectivity index (χ4n) is 3.41. The third-order valence-electron chi connectivity index (χ3n) is 5.05. The van der Waals surface area contributed by atoms with Gasteiger partial charge in [-0.05, 0) is 46.1 Å². The van der Waals surface area contributed by atoms with Crippen LogP contribution in [0.3, 0.4) is 0 Å². The predicted molar refractivity (Wildman–Crippen MR) is 134 cm³/mol. The lowest BCUT2D eigenvalue weighted by molar-refractivity contribution is 0.0482. The summed E-state index contributed by atoms with van der Waals surface area (Å²) < 4.78 is 28.9. The topological polar surface area (TPSA) is 95.5 Å². The molecule has 0 radical (unpaired) electrons. The van der Waals surface area contributed by atoms with Gasteiger partial charge in [0.05, 0.1) is 40.1 Å². The molecule has 2 N–H and O–H groups in total. The summed E-state index contributed by atoms with van der Waals surface area (Å²) in [6, 6.07) is 1.26. The van der Waals surface area contributed by atoms with Crippen molar-refractivity contribution in [3.8, 4) is 23.0 Å². The summed E-state index contributed by atoms with van der Waals surface area (Å²) in [6.45, 7) is 10.4. The van der Waals surface area contributed by atoms with Crippen LogP contribution >= 0.6 is 0 Å². The molecular formula is C26H45NO7. The lowest BCUT2D eigenvalue weighted by Gasteiger charge is -2.25. The van der Waals surface area contributed by atoms with Gasteiger partial charge in [0.15, 0.2) is 11.5 Å². The molecule has 0 fully saturated rings. The molecule has 0 saturated carbocycles. The Balaban J connectivity index is 3.28. The van der Waals surface area contributed by atoms with Crippen LogP contribution in [0, 0.1) is 0 Å². The van der Waals surface area contributed by atoms with Crippen LogP contribution in [-0.2, 0) is 11.2 Å². The summed E-state index contributed by atoms with van der Waals surface area (Å²) in [4.78, 5) is 12.3. The SMILES string of the molecule is CCCCCOc1cc(C[C@H](CO)NC(=O)OC(C)(C)C)c(OCCCCC)c(OC)c1OC. The maximum atomic E-state index is 12.3. The molecule has 196 valence electrons. The van der Waals surface area contributed by atoms with E-state index in [1.165, 1.54) is 0 Å². The van der Waals surface area contributed by atoms with Gasteiger partial charge in [-0.3, -0.25) is 0 Å². The maximum absolute atomic E-state index is 12.3. The highest BCUT2D eigenvalue weighted by atomic mass is 16.6. The lowest BCUT2D eigenvalue weighted by Crippen LogP contribution is -2.42. The number of aliphatic hydroxyl groups excluding tert-OH is 1. The zero-order chi connectivity index (χ0) is 25.6. The number of carbonyl (C=O) groups excluding carboxylic acids is 1. The average Bonchev–Trinajstić information content (AvgIpc) is 2.78.